The Bertz CT molecular complexity index is 224. The molecule has 1 saturated heterocycles. The van der Waals surface area contributed by atoms with Crippen molar-refractivity contribution in [2.24, 2.45) is 5.92 Å². The molecule has 0 aliphatic carbocycles. The molecule has 3 nitrogen and oxygen atoms in total. The highest BCUT2D eigenvalue weighted by Crippen LogP contribution is 2.17. The Morgan fingerprint density at radius 3 is 2.92 bits per heavy atom. The van der Waals surface area contributed by atoms with Crippen LogP contribution in [0.2, 0.25) is 0 Å². The Kier molecular flexibility index (Phi) is 2.98. The van der Waals surface area contributed by atoms with Gasteiger partial charge in [0, 0.05) is 6.20 Å². The molecule has 0 unspecified atom stereocenters. The van der Waals surface area contributed by atoms with Gasteiger partial charge in [0.15, 0.2) is 0 Å². The van der Waals surface area contributed by atoms with Crippen molar-refractivity contribution in [3.05, 3.63) is 18.0 Å². The van der Waals surface area contributed by atoms with Gasteiger partial charge >= 0.3 is 0 Å². The van der Waals surface area contributed by atoms with E-state index in [1.165, 1.54) is 44.3 Å². The summed E-state index contributed by atoms with van der Waals surface area (Å²) in [6.07, 6.45) is 9.13. The predicted molar refractivity (Wildman–Crippen MR) is 52.5 cm³/mol. The second-order valence-corrected chi connectivity index (χ2v) is 3.84. The monoisotopic (exact) mass is 179 g/mol. The lowest BCUT2D eigenvalue weighted by molar-refractivity contribution is 0.354. The summed E-state index contributed by atoms with van der Waals surface area (Å²) in [6, 6.07) is 0. The van der Waals surface area contributed by atoms with Crippen molar-refractivity contribution in [3.63, 3.8) is 0 Å². The van der Waals surface area contributed by atoms with Crippen molar-refractivity contribution in [1.82, 2.24) is 15.5 Å². The van der Waals surface area contributed by atoms with E-state index in [0.717, 1.165) is 5.92 Å². The Hall–Kier alpha value is -0.830. The van der Waals surface area contributed by atoms with Crippen LogP contribution < -0.4 is 5.32 Å². The molecule has 0 spiro atoms. The summed E-state index contributed by atoms with van der Waals surface area (Å²) in [6.45, 7) is 2.41. The zero-order chi connectivity index (χ0) is 8.93. The summed E-state index contributed by atoms with van der Waals surface area (Å²) in [5, 5.41) is 10.2. The number of hydrogen-bond acceptors (Lipinski definition) is 2. The maximum Gasteiger partial charge on any atom is 0.0519 e. The standard InChI is InChI=1S/C10H17N3/c1(2-10-7-12-13-8-10)9-3-5-11-6-4-9/h7-9,11H,1-6H2,(H,12,13). The first-order valence-corrected chi connectivity index (χ1v) is 5.13. The molecule has 0 radical (unpaired) electrons. The highest BCUT2D eigenvalue weighted by Gasteiger charge is 2.12. The van der Waals surface area contributed by atoms with Gasteiger partial charge in [-0.2, -0.15) is 5.10 Å². The number of rotatable bonds is 3. The van der Waals surface area contributed by atoms with E-state index >= 15 is 0 Å². The van der Waals surface area contributed by atoms with E-state index in [0.29, 0.717) is 0 Å². The highest BCUT2D eigenvalue weighted by molar-refractivity contribution is 5.02. The van der Waals surface area contributed by atoms with Crippen molar-refractivity contribution in [3.8, 4) is 0 Å². The third-order valence-electron chi connectivity index (χ3n) is 2.85. The lowest BCUT2D eigenvalue weighted by Gasteiger charge is -2.21. The fraction of sp³-hybridized carbons (Fsp3) is 0.700. The molecule has 0 amide bonds. The summed E-state index contributed by atoms with van der Waals surface area (Å²) < 4.78 is 0. The van der Waals surface area contributed by atoms with Crippen LogP contribution in [0.5, 0.6) is 0 Å². The topological polar surface area (TPSA) is 40.7 Å². The third-order valence-corrected chi connectivity index (χ3v) is 2.85. The van der Waals surface area contributed by atoms with Gasteiger partial charge in [0.2, 0.25) is 0 Å². The first-order chi connectivity index (χ1) is 6.45. The van der Waals surface area contributed by atoms with Crippen LogP contribution in [0.25, 0.3) is 0 Å². The molecule has 3 heteroatoms. The fourth-order valence-corrected chi connectivity index (χ4v) is 1.96. The van der Waals surface area contributed by atoms with Gasteiger partial charge in [-0.25, -0.2) is 0 Å². The minimum atomic E-state index is 0.927. The fourth-order valence-electron chi connectivity index (χ4n) is 1.96. The average molecular weight is 179 g/mol. The number of aromatic amines is 1. The summed E-state index contributed by atoms with van der Waals surface area (Å²) in [5.74, 6) is 0.927. The van der Waals surface area contributed by atoms with Gasteiger partial charge in [0.25, 0.3) is 0 Å². The second-order valence-electron chi connectivity index (χ2n) is 3.84. The van der Waals surface area contributed by atoms with Crippen molar-refractivity contribution < 1.29 is 0 Å². The number of hydrogen-bond donors (Lipinski definition) is 2. The van der Waals surface area contributed by atoms with E-state index in [-0.39, 0.29) is 0 Å². The zero-order valence-corrected chi connectivity index (χ0v) is 7.92. The Balaban J connectivity index is 1.72. The van der Waals surface area contributed by atoms with E-state index in [1.54, 1.807) is 0 Å². The van der Waals surface area contributed by atoms with Crippen LogP contribution in [-0.2, 0) is 6.42 Å². The van der Waals surface area contributed by atoms with Crippen molar-refractivity contribution >= 4 is 0 Å². The summed E-state index contributed by atoms with van der Waals surface area (Å²) >= 11 is 0. The SMILES string of the molecule is c1n[nH]cc1CCC1CCNCC1. The normalized spacial score (nSPS) is 19.1. The molecule has 2 heterocycles. The largest absolute Gasteiger partial charge is 0.317 e. The lowest BCUT2D eigenvalue weighted by Crippen LogP contribution is -2.27. The average Bonchev–Trinajstić information content (AvgIpc) is 2.69. The predicted octanol–water partition coefficient (Wildman–Crippen LogP) is 1.34. The van der Waals surface area contributed by atoms with Crippen LogP contribution in [0.4, 0.5) is 0 Å². The Morgan fingerprint density at radius 2 is 2.23 bits per heavy atom. The van der Waals surface area contributed by atoms with Gasteiger partial charge in [0.05, 0.1) is 6.20 Å². The zero-order valence-electron chi connectivity index (χ0n) is 7.92. The van der Waals surface area contributed by atoms with Gasteiger partial charge in [-0.05, 0) is 50.3 Å². The number of piperidine rings is 1. The van der Waals surface area contributed by atoms with E-state index in [4.69, 9.17) is 0 Å². The number of nitrogens with one attached hydrogen (secondary N) is 2. The molecule has 0 saturated carbocycles. The first-order valence-electron chi connectivity index (χ1n) is 5.13. The summed E-state index contributed by atoms with van der Waals surface area (Å²) in [5.41, 5.74) is 1.35. The molecule has 1 aromatic rings. The van der Waals surface area contributed by atoms with Crippen molar-refractivity contribution in [1.29, 1.82) is 0 Å². The molecule has 1 fully saturated rings. The molecule has 0 atom stereocenters. The van der Waals surface area contributed by atoms with E-state index in [1.807, 2.05) is 12.4 Å². The number of H-pyrrole nitrogens is 1. The van der Waals surface area contributed by atoms with Crippen LogP contribution in [0.1, 0.15) is 24.8 Å². The van der Waals surface area contributed by atoms with E-state index in [2.05, 4.69) is 15.5 Å². The van der Waals surface area contributed by atoms with Gasteiger partial charge in [0.1, 0.15) is 0 Å². The molecule has 2 N–H and O–H groups in total. The number of aryl methyl sites for hydroxylation is 1. The minimum absolute atomic E-state index is 0.927. The maximum absolute atomic E-state index is 3.95. The molecular formula is C10H17N3. The molecule has 2 rings (SSSR count). The molecule has 0 bridgehead atoms. The van der Waals surface area contributed by atoms with Crippen molar-refractivity contribution in [2.75, 3.05) is 13.1 Å². The quantitative estimate of drug-likeness (QED) is 0.735. The summed E-state index contributed by atoms with van der Waals surface area (Å²) in [7, 11) is 0. The van der Waals surface area contributed by atoms with Crippen LogP contribution in [0, 0.1) is 5.92 Å². The molecule has 1 aliphatic heterocycles. The maximum atomic E-state index is 3.95. The van der Waals surface area contributed by atoms with Crippen molar-refractivity contribution in [2.45, 2.75) is 25.7 Å². The van der Waals surface area contributed by atoms with Gasteiger partial charge in [-0.1, -0.05) is 0 Å². The number of nitrogens with zero attached hydrogens (tertiary/aromatic N) is 1. The first kappa shape index (κ1) is 8.75. The molecule has 72 valence electrons. The Labute approximate surface area is 78.9 Å². The van der Waals surface area contributed by atoms with Crippen LogP contribution in [0.3, 0.4) is 0 Å². The van der Waals surface area contributed by atoms with Crippen LogP contribution in [0.15, 0.2) is 12.4 Å². The molecular weight excluding hydrogens is 162 g/mol. The third kappa shape index (κ3) is 2.56. The minimum Gasteiger partial charge on any atom is -0.317 e. The van der Waals surface area contributed by atoms with Crippen LogP contribution >= 0.6 is 0 Å². The van der Waals surface area contributed by atoms with Crippen LogP contribution in [-0.4, -0.2) is 23.3 Å². The lowest BCUT2D eigenvalue weighted by atomic mass is 9.92. The molecule has 0 aromatic carbocycles. The number of aromatic nitrogens is 2. The molecule has 1 aliphatic rings. The van der Waals surface area contributed by atoms with Gasteiger partial charge in [-0.15, -0.1) is 0 Å². The van der Waals surface area contributed by atoms with Gasteiger partial charge in [-0.3, -0.25) is 5.10 Å². The van der Waals surface area contributed by atoms with Gasteiger partial charge < -0.3 is 5.32 Å². The highest BCUT2D eigenvalue weighted by atomic mass is 15.1. The molecule has 1 aromatic heterocycles. The second kappa shape index (κ2) is 4.42. The Morgan fingerprint density at radius 1 is 1.38 bits per heavy atom. The van der Waals surface area contributed by atoms with E-state index in [9.17, 15) is 0 Å². The van der Waals surface area contributed by atoms with E-state index < -0.39 is 0 Å². The summed E-state index contributed by atoms with van der Waals surface area (Å²) in [4.78, 5) is 0. The smallest absolute Gasteiger partial charge is 0.0519 e. The molecule has 13 heavy (non-hydrogen) atoms.